The van der Waals surface area contributed by atoms with Crippen molar-refractivity contribution in [3.63, 3.8) is 0 Å². The molecule has 0 spiro atoms. The van der Waals surface area contributed by atoms with E-state index in [9.17, 15) is 0 Å². The Bertz CT molecular complexity index is 64.6. The third-order valence-electron chi connectivity index (χ3n) is 1.42. The normalized spacial score (nSPS) is 19.4. The zero-order valence-electron chi connectivity index (χ0n) is 4.48. The Hall–Kier alpha value is -0.330. The summed E-state index contributed by atoms with van der Waals surface area (Å²) in [5, 5.41) is 6.70. The van der Waals surface area contributed by atoms with Crippen LogP contribution in [0.2, 0.25) is 0 Å². The Morgan fingerprint density at radius 1 is 1.57 bits per heavy atom. The fourth-order valence-electron chi connectivity index (χ4n) is 0.726. The molecule has 0 heterocycles. The summed E-state index contributed by atoms with van der Waals surface area (Å²) in [4.78, 5) is 0. The van der Waals surface area contributed by atoms with Crippen molar-refractivity contribution in [3.8, 4) is 0 Å². The predicted molar refractivity (Wildman–Crippen MR) is 30.7 cm³/mol. The summed E-state index contributed by atoms with van der Waals surface area (Å²) in [5.41, 5.74) is 0. The van der Waals surface area contributed by atoms with Crippen LogP contribution in [-0.4, -0.2) is 6.21 Å². The SMILES string of the molecule is N=CCCC1CC1. The number of nitrogens with one attached hydrogen (secondary N) is 1. The first-order chi connectivity index (χ1) is 3.43. The molecule has 1 aliphatic rings. The molecule has 0 aromatic rings. The van der Waals surface area contributed by atoms with Gasteiger partial charge in [-0.25, -0.2) is 0 Å². The van der Waals surface area contributed by atoms with Gasteiger partial charge in [0, 0.05) is 0 Å². The van der Waals surface area contributed by atoms with E-state index in [1.807, 2.05) is 0 Å². The molecule has 1 heteroatoms. The summed E-state index contributed by atoms with van der Waals surface area (Å²) in [6.45, 7) is 0. The van der Waals surface area contributed by atoms with Crippen LogP contribution in [-0.2, 0) is 0 Å². The minimum absolute atomic E-state index is 1.00. The summed E-state index contributed by atoms with van der Waals surface area (Å²) in [6.07, 6.45) is 6.63. The van der Waals surface area contributed by atoms with Gasteiger partial charge in [-0.1, -0.05) is 12.8 Å². The molecule has 1 rings (SSSR count). The summed E-state index contributed by atoms with van der Waals surface area (Å²) in [5.74, 6) is 1.00. The second kappa shape index (κ2) is 2.10. The third kappa shape index (κ3) is 1.72. The summed E-state index contributed by atoms with van der Waals surface area (Å²) in [6, 6.07) is 0. The fraction of sp³-hybridized carbons (Fsp3) is 0.833. The standard InChI is InChI=1S/C6H11N/c7-5-1-2-6-3-4-6/h5-7H,1-4H2. The molecule has 0 bridgehead atoms. The molecule has 0 amide bonds. The van der Waals surface area contributed by atoms with Crippen LogP contribution in [0.3, 0.4) is 0 Å². The number of hydrogen-bond donors (Lipinski definition) is 1. The maximum atomic E-state index is 6.70. The van der Waals surface area contributed by atoms with E-state index in [2.05, 4.69) is 0 Å². The first-order valence-electron chi connectivity index (χ1n) is 2.92. The molecule has 0 radical (unpaired) electrons. The van der Waals surface area contributed by atoms with Gasteiger partial charge in [-0.15, -0.1) is 0 Å². The van der Waals surface area contributed by atoms with E-state index in [-0.39, 0.29) is 0 Å². The van der Waals surface area contributed by atoms with E-state index in [0.29, 0.717) is 0 Å². The van der Waals surface area contributed by atoms with Crippen LogP contribution in [0, 0.1) is 11.3 Å². The van der Waals surface area contributed by atoms with Crippen molar-refractivity contribution >= 4 is 6.21 Å². The molecule has 0 aromatic heterocycles. The summed E-state index contributed by atoms with van der Waals surface area (Å²) in [7, 11) is 0. The molecule has 40 valence electrons. The lowest BCUT2D eigenvalue weighted by Gasteiger charge is -1.84. The summed E-state index contributed by atoms with van der Waals surface area (Å²) < 4.78 is 0. The Morgan fingerprint density at radius 3 is 2.71 bits per heavy atom. The van der Waals surface area contributed by atoms with Gasteiger partial charge in [-0.05, 0) is 25.0 Å². The van der Waals surface area contributed by atoms with Crippen LogP contribution in [0.5, 0.6) is 0 Å². The van der Waals surface area contributed by atoms with Crippen molar-refractivity contribution in [3.05, 3.63) is 0 Å². The lowest BCUT2D eigenvalue weighted by molar-refractivity contribution is 0.763. The zero-order chi connectivity index (χ0) is 5.11. The van der Waals surface area contributed by atoms with Gasteiger partial charge in [-0.3, -0.25) is 0 Å². The maximum Gasteiger partial charge on any atom is -0.00476 e. The molecule has 7 heavy (non-hydrogen) atoms. The highest BCUT2D eigenvalue weighted by Crippen LogP contribution is 2.32. The highest BCUT2D eigenvalue weighted by atomic mass is 14.3. The van der Waals surface area contributed by atoms with Gasteiger partial charge in [0.1, 0.15) is 0 Å². The quantitative estimate of drug-likeness (QED) is 0.519. The average Bonchev–Trinajstić information content (AvgIpc) is 2.42. The second-order valence-corrected chi connectivity index (χ2v) is 2.22. The van der Waals surface area contributed by atoms with Crippen LogP contribution in [0.25, 0.3) is 0 Å². The highest BCUT2D eigenvalue weighted by molar-refractivity contribution is 5.52. The van der Waals surface area contributed by atoms with Crippen molar-refractivity contribution < 1.29 is 0 Å². The minimum Gasteiger partial charge on any atom is -0.313 e. The Morgan fingerprint density at radius 2 is 2.29 bits per heavy atom. The van der Waals surface area contributed by atoms with Crippen LogP contribution in [0.1, 0.15) is 25.7 Å². The smallest absolute Gasteiger partial charge is 0.00476 e. The molecule has 0 aromatic carbocycles. The highest BCUT2D eigenvalue weighted by Gasteiger charge is 2.19. The number of hydrogen-bond acceptors (Lipinski definition) is 1. The third-order valence-corrected chi connectivity index (χ3v) is 1.42. The largest absolute Gasteiger partial charge is 0.313 e. The van der Waals surface area contributed by atoms with Gasteiger partial charge in [0.25, 0.3) is 0 Å². The van der Waals surface area contributed by atoms with Crippen molar-refractivity contribution in [2.24, 2.45) is 5.92 Å². The monoisotopic (exact) mass is 97.1 g/mol. The van der Waals surface area contributed by atoms with Crippen molar-refractivity contribution in [1.82, 2.24) is 0 Å². The molecule has 1 nitrogen and oxygen atoms in total. The van der Waals surface area contributed by atoms with Crippen LogP contribution in [0.15, 0.2) is 0 Å². The van der Waals surface area contributed by atoms with Crippen LogP contribution in [0.4, 0.5) is 0 Å². The van der Waals surface area contributed by atoms with Crippen molar-refractivity contribution in [2.45, 2.75) is 25.7 Å². The Labute approximate surface area is 44.2 Å². The van der Waals surface area contributed by atoms with Crippen LogP contribution >= 0.6 is 0 Å². The van der Waals surface area contributed by atoms with Crippen molar-refractivity contribution in [2.75, 3.05) is 0 Å². The lowest BCUT2D eigenvalue weighted by atomic mass is 10.2. The van der Waals surface area contributed by atoms with E-state index in [1.54, 1.807) is 0 Å². The molecular weight excluding hydrogens is 86.1 g/mol. The molecule has 1 saturated carbocycles. The minimum atomic E-state index is 1.00. The summed E-state index contributed by atoms with van der Waals surface area (Å²) >= 11 is 0. The predicted octanol–water partition coefficient (Wildman–Crippen LogP) is 1.83. The molecule has 1 aliphatic carbocycles. The first kappa shape index (κ1) is 4.82. The molecular formula is C6H11N. The Kier molecular flexibility index (Phi) is 1.45. The topological polar surface area (TPSA) is 23.9 Å². The van der Waals surface area contributed by atoms with Gasteiger partial charge >= 0.3 is 0 Å². The van der Waals surface area contributed by atoms with E-state index in [4.69, 9.17) is 5.41 Å². The van der Waals surface area contributed by atoms with Gasteiger partial charge in [0.2, 0.25) is 0 Å². The fourth-order valence-corrected chi connectivity index (χ4v) is 0.726. The molecule has 0 saturated heterocycles. The molecule has 0 aliphatic heterocycles. The molecule has 1 fully saturated rings. The van der Waals surface area contributed by atoms with E-state index < -0.39 is 0 Å². The first-order valence-corrected chi connectivity index (χ1v) is 2.92. The van der Waals surface area contributed by atoms with Crippen LogP contribution < -0.4 is 0 Å². The van der Waals surface area contributed by atoms with Gasteiger partial charge in [0.05, 0.1) is 0 Å². The maximum absolute atomic E-state index is 6.70. The zero-order valence-corrected chi connectivity index (χ0v) is 4.48. The second-order valence-electron chi connectivity index (χ2n) is 2.22. The lowest BCUT2D eigenvalue weighted by Crippen LogP contribution is -1.75. The average molecular weight is 97.2 g/mol. The molecule has 1 N–H and O–H groups in total. The Balaban J connectivity index is 1.88. The van der Waals surface area contributed by atoms with Gasteiger partial charge < -0.3 is 5.41 Å². The molecule has 0 unspecified atom stereocenters. The van der Waals surface area contributed by atoms with E-state index in [0.717, 1.165) is 12.3 Å². The molecule has 0 atom stereocenters. The van der Waals surface area contributed by atoms with Gasteiger partial charge in [-0.2, -0.15) is 0 Å². The van der Waals surface area contributed by atoms with Gasteiger partial charge in [0.15, 0.2) is 0 Å². The number of rotatable bonds is 3. The van der Waals surface area contributed by atoms with E-state index >= 15 is 0 Å². The van der Waals surface area contributed by atoms with Crippen molar-refractivity contribution in [1.29, 1.82) is 5.41 Å². The van der Waals surface area contributed by atoms with E-state index in [1.165, 1.54) is 25.5 Å².